The lowest BCUT2D eigenvalue weighted by atomic mass is 10.1. The number of hydrogen-bond donors (Lipinski definition) is 4. The quantitative estimate of drug-likeness (QED) is 0.353. The average Bonchev–Trinajstić information content (AvgIpc) is 2.23. The Labute approximate surface area is 113 Å². The van der Waals surface area contributed by atoms with Crippen molar-refractivity contribution in [3.8, 4) is 0 Å². The van der Waals surface area contributed by atoms with Crippen LogP contribution in [0.4, 0.5) is 0 Å². The van der Waals surface area contributed by atoms with Gasteiger partial charge in [0.15, 0.2) is 0 Å². The highest BCUT2D eigenvalue weighted by Crippen LogP contribution is 2.21. The van der Waals surface area contributed by atoms with Gasteiger partial charge in [-0.2, -0.15) is 0 Å². The van der Waals surface area contributed by atoms with Gasteiger partial charge in [0.2, 0.25) is 5.96 Å². The summed E-state index contributed by atoms with van der Waals surface area (Å²) in [6.45, 7) is 8.96. The molecule has 0 unspecified atom stereocenters. The number of guanidine groups is 1. The topological polar surface area (TPSA) is 94.1 Å². The first-order valence-corrected chi connectivity index (χ1v) is 7.89. The van der Waals surface area contributed by atoms with Crippen molar-refractivity contribution in [2.24, 2.45) is 16.0 Å². The molecule has 0 aromatic rings. The van der Waals surface area contributed by atoms with Crippen LogP contribution in [0.5, 0.6) is 0 Å². The second-order valence-electron chi connectivity index (χ2n) is 4.33. The van der Waals surface area contributed by atoms with E-state index < -0.39 is 11.0 Å². The predicted octanol–water partition coefficient (Wildman–Crippen LogP) is 2.50. The normalized spacial score (nSPS) is 12.9. The molecule has 0 saturated carbocycles. The molecule has 0 amide bonds. The summed E-state index contributed by atoms with van der Waals surface area (Å²) in [6, 6.07) is 0. The van der Waals surface area contributed by atoms with E-state index in [2.05, 4.69) is 23.6 Å². The molecule has 0 atom stereocenters. The van der Waals surface area contributed by atoms with Gasteiger partial charge in [0, 0.05) is 20.6 Å². The molecule has 0 spiro atoms. The summed E-state index contributed by atoms with van der Waals surface area (Å²) in [6.07, 6.45) is 2.07. The van der Waals surface area contributed by atoms with E-state index >= 15 is 0 Å². The van der Waals surface area contributed by atoms with Gasteiger partial charge in [-0.1, -0.05) is 38.7 Å². The van der Waals surface area contributed by atoms with Gasteiger partial charge in [-0.15, -0.1) is 0 Å². The van der Waals surface area contributed by atoms with E-state index in [0.29, 0.717) is 18.4 Å². The largest absolute Gasteiger partial charge is 0.348 e. The molecule has 0 fully saturated rings. The van der Waals surface area contributed by atoms with Crippen LogP contribution >= 0.6 is 11.0 Å². The minimum Gasteiger partial charge on any atom is -0.348 e. The second kappa shape index (κ2) is 10.4. The lowest BCUT2D eigenvalue weighted by Gasteiger charge is -2.30. The van der Waals surface area contributed by atoms with Crippen LogP contribution < -0.4 is 9.86 Å². The maximum Gasteiger partial charge on any atom is 0.213 e. The van der Waals surface area contributed by atoms with E-state index in [1.54, 1.807) is 19.0 Å². The molecule has 6 nitrogen and oxygen atoms in total. The van der Waals surface area contributed by atoms with Crippen LogP contribution in [0.3, 0.4) is 0 Å². The molecule has 0 saturated heterocycles. The van der Waals surface area contributed by atoms with Crippen molar-refractivity contribution in [2.45, 2.75) is 40.5 Å². The molecule has 0 aromatic carbocycles. The minimum absolute atomic E-state index is 0.395. The fourth-order valence-electron chi connectivity index (χ4n) is 1.08. The van der Waals surface area contributed by atoms with E-state index in [9.17, 15) is 0 Å². The standard InChI is InChI=1S/C9H24N4O2S.C2H6/c1-8(2)6-5-7-11-9(13(3)4)12-16(10,14)15;1-2/h8,14-15H,5-7,10H2,1-4H3,(H,11,12);1-2H3. The van der Waals surface area contributed by atoms with Crippen molar-refractivity contribution in [1.82, 2.24) is 9.62 Å². The zero-order chi connectivity index (χ0) is 14.8. The van der Waals surface area contributed by atoms with Crippen LogP contribution in [0.15, 0.2) is 4.99 Å². The summed E-state index contributed by atoms with van der Waals surface area (Å²) in [5.74, 6) is 1.05. The Morgan fingerprint density at radius 1 is 1.33 bits per heavy atom. The van der Waals surface area contributed by atoms with Crippen molar-refractivity contribution in [1.29, 1.82) is 0 Å². The lowest BCUT2D eigenvalue weighted by Crippen LogP contribution is -2.40. The molecule has 0 heterocycles. The van der Waals surface area contributed by atoms with E-state index in [-0.39, 0.29) is 0 Å². The third-order valence-electron chi connectivity index (χ3n) is 1.87. The monoisotopic (exact) mass is 282 g/mol. The fourth-order valence-corrected chi connectivity index (χ4v) is 1.60. The summed E-state index contributed by atoms with van der Waals surface area (Å²) in [5, 5.41) is 5.10. The van der Waals surface area contributed by atoms with E-state index in [1.807, 2.05) is 13.8 Å². The highest BCUT2D eigenvalue weighted by Gasteiger charge is 2.09. The lowest BCUT2D eigenvalue weighted by molar-refractivity contribution is 0.476. The van der Waals surface area contributed by atoms with Crippen molar-refractivity contribution < 1.29 is 9.11 Å². The molecule has 0 rings (SSSR count). The van der Waals surface area contributed by atoms with Crippen LogP contribution in [0, 0.1) is 5.92 Å². The fraction of sp³-hybridized carbons (Fsp3) is 0.909. The summed E-state index contributed by atoms with van der Waals surface area (Å²) in [7, 11) is 0.282. The van der Waals surface area contributed by atoms with Crippen molar-refractivity contribution in [2.75, 3.05) is 20.6 Å². The molecular formula is C11H30N4O2S. The number of hydrogen-bond acceptors (Lipinski definition) is 4. The van der Waals surface area contributed by atoms with Gasteiger partial charge in [0.1, 0.15) is 0 Å². The third kappa shape index (κ3) is 13.6. The van der Waals surface area contributed by atoms with Crippen LogP contribution in [-0.4, -0.2) is 40.6 Å². The van der Waals surface area contributed by atoms with E-state index in [4.69, 9.17) is 14.2 Å². The van der Waals surface area contributed by atoms with Gasteiger partial charge in [-0.3, -0.25) is 14.1 Å². The van der Waals surface area contributed by atoms with Crippen molar-refractivity contribution in [3.05, 3.63) is 0 Å². The van der Waals surface area contributed by atoms with Crippen LogP contribution in [0.1, 0.15) is 40.5 Å². The van der Waals surface area contributed by atoms with Gasteiger partial charge >= 0.3 is 0 Å². The molecule has 0 radical (unpaired) electrons. The van der Waals surface area contributed by atoms with Gasteiger partial charge < -0.3 is 4.90 Å². The number of nitrogens with two attached hydrogens (primary N) is 1. The van der Waals surface area contributed by atoms with Gasteiger partial charge in [-0.25, -0.2) is 9.86 Å². The third-order valence-corrected chi connectivity index (χ3v) is 2.35. The molecule has 7 heteroatoms. The molecule has 0 aliphatic carbocycles. The maximum atomic E-state index is 9.08. The highest BCUT2D eigenvalue weighted by molar-refractivity contribution is 8.21. The molecule has 5 N–H and O–H groups in total. The minimum atomic E-state index is -3.24. The zero-order valence-corrected chi connectivity index (χ0v) is 13.3. The molecule has 0 aromatic heterocycles. The Bertz CT molecular complexity index is 228. The van der Waals surface area contributed by atoms with E-state index in [1.165, 1.54) is 0 Å². The Morgan fingerprint density at radius 2 is 1.83 bits per heavy atom. The average molecular weight is 282 g/mol. The Kier molecular flexibility index (Phi) is 11.5. The number of nitrogens with zero attached hydrogens (tertiary/aromatic N) is 2. The summed E-state index contributed by atoms with van der Waals surface area (Å²) in [4.78, 5) is 5.90. The van der Waals surface area contributed by atoms with Crippen LogP contribution in [0.2, 0.25) is 0 Å². The SMILES string of the molecule is CC.CC(C)CCCN=C(NS(N)(O)O)N(C)C. The molecular weight excluding hydrogens is 252 g/mol. The molecule has 0 aliphatic heterocycles. The number of aliphatic imine (C=N–C) groups is 1. The van der Waals surface area contributed by atoms with Gasteiger partial charge in [0.25, 0.3) is 0 Å². The van der Waals surface area contributed by atoms with Crippen LogP contribution in [-0.2, 0) is 0 Å². The first-order chi connectivity index (χ1) is 8.22. The Hall–Kier alpha value is -0.500. The first-order valence-electron chi connectivity index (χ1n) is 6.28. The molecule has 18 heavy (non-hydrogen) atoms. The molecule has 0 bridgehead atoms. The maximum absolute atomic E-state index is 9.08. The number of nitrogens with one attached hydrogen (secondary N) is 1. The second-order valence-corrected chi connectivity index (χ2v) is 5.72. The zero-order valence-electron chi connectivity index (χ0n) is 12.5. The van der Waals surface area contributed by atoms with E-state index in [0.717, 1.165) is 12.8 Å². The summed E-state index contributed by atoms with van der Waals surface area (Å²) >= 11 is 0. The predicted molar refractivity (Wildman–Crippen MR) is 81.6 cm³/mol. The van der Waals surface area contributed by atoms with Gasteiger partial charge in [-0.05, 0) is 18.8 Å². The first kappa shape index (κ1) is 19.8. The van der Waals surface area contributed by atoms with Crippen LogP contribution in [0.25, 0.3) is 0 Å². The van der Waals surface area contributed by atoms with Crippen molar-refractivity contribution in [3.63, 3.8) is 0 Å². The smallest absolute Gasteiger partial charge is 0.213 e. The Morgan fingerprint density at radius 3 is 2.17 bits per heavy atom. The van der Waals surface area contributed by atoms with Gasteiger partial charge in [0.05, 0.1) is 0 Å². The molecule has 0 aliphatic rings. The Balaban J connectivity index is 0. The summed E-state index contributed by atoms with van der Waals surface area (Å²) < 4.78 is 20.6. The highest BCUT2D eigenvalue weighted by atomic mass is 32.3. The summed E-state index contributed by atoms with van der Waals surface area (Å²) in [5.41, 5.74) is 0. The number of rotatable bonds is 5. The molecule has 112 valence electrons. The van der Waals surface area contributed by atoms with Crippen molar-refractivity contribution >= 4 is 16.9 Å².